The van der Waals surface area contributed by atoms with Crippen molar-refractivity contribution < 1.29 is 14.9 Å². The highest BCUT2D eigenvalue weighted by atomic mass is 16.5. The molecule has 3 N–H and O–H groups in total. The zero-order valence-electron chi connectivity index (χ0n) is 10.1. The Morgan fingerprint density at radius 3 is 2.65 bits per heavy atom. The number of phenols is 1. The summed E-state index contributed by atoms with van der Waals surface area (Å²) < 4.78 is 4.99. The minimum absolute atomic E-state index is 0.102. The molecule has 17 heavy (non-hydrogen) atoms. The number of hydrogen-bond donors (Lipinski definition) is 3. The van der Waals surface area contributed by atoms with Crippen LogP contribution in [0, 0.1) is 0 Å². The van der Waals surface area contributed by atoms with E-state index in [1.54, 1.807) is 12.1 Å². The number of ether oxygens (including phenoxy) is 1. The highest BCUT2D eigenvalue weighted by Crippen LogP contribution is 2.32. The summed E-state index contributed by atoms with van der Waals surface area (Å²) in [4.78, 5) is 0. The monoisotopic (exact) mass is 237 g/mol. The molecule has 0 heterocycles. The second-order valence-corrected chi connectivity index (χ2v) is 4.65. The average molecular weight is 237 g/mol. The van der Waals surface area contributed by atoms with Gasteiger partial charge in [-0.1, -0.05) is 6.07 Å². The third kappa shape index (κ3) is 2.53. The highest BCUT2D eigenvalue weighted by Gasteiger charge is 2.35. The fourth-order valence-electron chi connectivity index (χ4n) is 2.13. The van der Waals surface area contributed by atoms with Crippen molar-refractivity contribution in [3.63, 3.8) is 0 Å². The highest BCUT2D eigenvalue weighted by molar-refractivity contribution is 5.41. The normalized spacial score (nSPS) is 17.5. The molecule has 1 aliphatic rings. The largest absolute Gasteiger partial charge is 0.504 e. The predicted octanol–water partition coefficient (Wildman–Crippen LogP) is 1.41. The van der Waals surface area contributed by atoms with Crippen molar-refractivity contribution in [2.45, 2.75) is 31.3 Å². The molecule has 0 bridgehead atoms. The Morgan fingerprint density at radius 1 is 1.41 bits per heavy atom. The number of aliphatic hydroxyl groups is 1. The minimum atomic E-state index is -0.102. The molecular formula is C13H19NO3. The molecule has 0 radical (unpaired) electrons. The quantitative estimate of drug-likeness (QED) is 0.724. The summed E-state index contributed by atoms with van der Waals surface area (Å²) in [5, 5.41) is 22.3. The van der Waals surface area contributed by atoms with Crippen molar-refractivity contribution in [1.29, 1.82) is 0 Å². The van der Waals surface area contributed by atoms with Crippen LogP contribution < -0.4 is 10.1 Å². The van der Waals surface area contributed by atoms with E-state index in [2.05, 4.69) is 5.32 Å². The third-order valence-electron chi connectivity index (χ3n) is 3.52. The van der Waals surface area contributed by atoms with Crippen LogP contribution in [0.25, 0.3) is 0 Å². The molecule has 94 valence electrons. The molecule has 0 atom stereocenters. The molecular weight excluding hydrogens is 218 g/mol. The van der Waals surface area contributed by atoms with Gasteiger partial charge in [-0.25, -0.2) is 0 Å². The summed E-state index contributed by atoms with van der Waals surface area (Å²) in [7, 11) is 1.53. The molecule has 0 aliphatic heterocycles. The number of aliphatic hydroxyl groups excluding tert-OH is 1. The first kappa shape index (κ1) is 12.2. The van der Waals surface area contributed by atoms with E-state index in [0.29, 0.717) is 12.3 Å². The molecule has 0 saturated heterocycles. The Morgan fingerprint density at radius 2 is 2.18 bits per heavy atom. The standard InChI is InChI=1S/C13H19NO3/c1-17-12-4-3-10(7-11(12)16)8-14-13(9-15)5-2-6-13/h3-4,7,14-16H,2,5-6,8-9H2,1H3. The first-order chi connectivity index (χ1) is 8.19. The van der Waals surface area contributed by atoms with E-state index in [9.17, 15) is 10.2 Å². The lowest BCUT2D eigenvalue weighted by Crippen LogP contribution is -2.53. The van der Waals surface area contributed by atoms with Crippen LogP contribution in [0.2, 0.25) is 0 Å². The zero-order chi connectivity index (χ0) is 12.3. The molecule has 1 saturated carbocycles. The van der Waals surface area contributed by atoms with Gasteiger partial charge in [0, 0.05) is 12.1 Å². The lowest BCUT2D eigenvalue weighted by Gasteiger charge is -2.41. The number of nitrogens with one attached hydrogen (secondary N) is 1. The van der Waals surface area contributed by atoms with E-state index in [0.717, 1.165) is 18.4 Å². The molecule has 0 unspecified atom stereocenters. The van der Waals surface area contributed by atoms with Crippen LogP contribution in [-0.4, -0.2) is 29.5 Å². The van der Waals surface area contributed by atoms with E-state index in [1.165, 1.54) is 13.5 Å². The Labute approximate surface area is 101 Å². The van der Waals surface area contributed by atoms with Crippen LogP contribution >= 0.6 is 0 Å². The molecule has 4 heteroatoms. The topological polar surface area (TPSA) is 61.7 Å². The van der Waals surface area contributed by atoms with Gasteiger partial charge in [-0.2, -0.15) is 0 Å². The van der Waals surface area contributed by atoms with E-state index >= 15 is 0 Å². The van der Waals surface area contributed by atoms with Gasteiger partial charge in [-0.15, -0.1) is 0 Å². The van der Waals surface area contributed by atoms with Crippen LogP contribution in [-0.2, 0) is 6.54 Å². The Hall–Kier alpha value is -1.26. The van der Waals surface area contributed by atoms with Gasteiger partial charge >= 0.3 is 0 Å². The van der Waals surface area contributed by atoms with Gasteiger partial charge in [-0.3, -0.25) is 0 Å². The van der Waals surface area contributed by atoms with Gasteiger partial charge in [0.2, 0.25) is 0 Å². The number of phenolic OH excluding ortho intramolecular Hbond substituents is 1. The molecule has 0 amide bonds. The predicted molar refractivity (Wildman–Crippen MR) is 65.2 cm³/mol. The molecule has 0 aromatic heterocycles. The second kappa shape index (κ2) is 4.94. The average Bonchev–Trinajstić information content (AvgIpc) is 2.28. The summed E-state index contributed by atoms with van der Waals surface area (Å²) in [5.74, 6) is 0.632. The van der Waals surface area contributed by atoms with Gasteiger partial charge < -0.3 is 20.3 Å². The molecule has 1 aromatic rings. The summed E-state index contributed by atoms with van der Waals surface area (Å²) in [5.41, 5.74) is 0.887. The molecule has 1 fully saturated rings. The summed E-state index contributed by atoms with van der Waals surface area (Å²) in [6, 6.07) is 5.35. The van der Waals surface area contributed by atoms with E-state index in [-0.39, 0.29) is 17.9 Å². The van der Waals surface area contributed by atoms with E-state index in [4.69, 9.17) is 4.74 Å². The van der Waals surface area contributed by atoms with Crippen LogP contribution in [0.5, 0.6) is 11.5 Å². The third-order valence-corrected chi connectivity index (χ3v) is 3.52. The first-order valence-electron chi connectivity index (χ1n) is 5.91. The van der Waals surface area contributed by atoms with Crippen molar-refractivity contribution in [3.8, 4) is 11.5 Å². The van der Waals surface area contributed by atoms with Crippen molar-refractivity contribution >= 4 is 0 Å². The first-order valence-corrected chi connectivity index (χ1v) is 5.91. The van der Waals surface area contributed by atoms with Gasteiger partial charge in [0.15, 0.2) is 11.5 Å². The summed E-state index contributed by atoms with van der Waals surface area (Å²) in [6.07, 6.45) is 3.21. The van der Waals surface area contributed by atoms with Crippen molar-refractivity contribution in [2.24, 2.45) is 0 Å². The number of hydrogen-bond acceptors (Lipinski definition) is 4. The minimum Gasteiger partial charge on any atom is -0.504 e. The van der Waals surface area contributed by atoms with Crippen LogP contribution in [0.1, 0.15) is 24.8 Å². The summed E-state index contributed by atoms with van der Waals surface area (Å²) in [6.45, 7) is 0.827. The van der Waals surface area contributed by atoms with Crippen molar-refractivity contribution in [2.75, 3.05) is 13.7 Å². The summed E-state index contributed by atoms with van der Waals surface area (Å²) >= 11 is 0. The fourth-order valence-corrected chi connectivity index (χ4v) is 2.13. The SMILES string of the molecule is COc1ccc(CNC2(CO)CCC2)cc1O. The van der Waals surface area contributed by atoms with Crippen LogP contribution in [0.4, 0.5) is 0 Å². The molecule has 4 nitrogen and oxygen atoms in total. The maximum atomic E-state index is 9.65. The Balaban J connectivity index is 1.97. The maximum Gasteiger partial charge on any atom is 0.160 e. The van der Waals surface area contributed by atoms with Gasteiger partial charge in [-0.05, 0) is 37.0 Å². The number of benzene rings is 1. The fraction of sp³-hybridized carbons (Fsp3) is 0.538. The lowest BCUT2D eigenvalue weighted by atomic mass is 9.77. The van der Waals surface area contributed by atoms with Crippen LogP contribution in [0.15, 0.2) is 18.2 Å². The lowest BCUT2D eigenvalue weighted by molar-refractivity contribution is 0.0872. The van der Waals surface area contributed by atoms with E-state index < -0.39 is 0 Å². The number of methoxy groups -OCH3 is 1. The molecule has 2 rings (SSSR count). The van der Waals surface area contributed by atoms with Gasteiger partial charge in [0.05, 0.1) is 13.7 Å². The maximum absolute atomic E-state index is 9.65. The Kier molecular flexibility index (Phi) is 3.54. The van der Waals surface area contributed by atoms with Gasteiger partial charge in [0.25, 0.3) is 0 Å². The zero-order valence-corrected chi connectivity index (χ0v) is 10.1. The van der Waals surface area contributed by atoms with Crippen LogP contribution in [0.3, 0.4) is 0 Å². The number of rotatable bonds is 5. The van der Waals surface area contributed by atoms with Crippen molar-refractivity contribution in [1.82, 2.24) is 5.32 Å². The van der Waals surface area contributed by atoms with E-state index in [1.807, 2.05) is 6.07 Å². The second-order valence-electron chi connectivity index (χ2n) is 4.65. The Bertz CT molecular complexity index is 383. The van der Waals surface area contributed by atoms with Gasteiger partial charge in [0.1, 0.15) is 0 Å². The smallest absolute Gasteiger partial charge is 0.160 e. The molecule has 1 aromatic carbocycles. The molecule has 0 spiro atoms. The van der Waals surface area contributed by atoms with Crippen molar-refractivity contribution in [3.05, 3.63) is 23.8 Å². The molecule has 1 aliphatic carbocycles. The number of aromatic hydroxyl groups is 1.